The van der Waals surface area contributed by atoms with E-state index in [1.807, 2.05) is 18.2 Å². The molecule has 0 aliphatic heterocycles. The zero-order valence-electron chi connectivity index (χ0n) is 9.29. The highest BCUT2D eigenvalue weighted by Gasteiger charge is 2.04. The SMILES string of the molecule is Cc1cc(C)c2ccc(C=O)cc2c1C. The monoisotopic (exact) mass is 198 g/mol. The molecule has 1 nitrogen and oxygen atoms in total. The van der Waals surface area contributed by atoms with Gasteiger partial charge in [0.15, 0.2) is 0 Å². The van der Waals surface area contributed by atoms with Gasteiger partial charge in [0.25, 0.3) is 0 Å². The number of aryl methyl sites for hydroxylation is 3. The Morgan fingerprint density at radius 3 is 2.33 bits per heavy atom. The molecule has 0 amide bonds. The van der Waals surface area contributed by atoms with Gasteiger partial charge in [-0.25, -0.2) is 0 Å². The number of rotatable bonds is 1. The fraction of sp³-hybridized carbons (Fsp3) is 0.214. The average molecular weight is 198 g/mol. The summed E-state index contributed by atoms with van der Waals surface area (Å²) < 4.78 is 0. The number of carbonyl (C=O) groups is 1. The van der Waals surface area contributed by atoms with Gasteiger partial charge >= 0.3 is 0 Å². The van der Waals surface area contributed by atoms with Gasteiger partial charge in [-0.05, 0) is 54.3 Å². The van der Waals surface area contributed by atoms with E-state index in [1.165, 1.54) is 27.5 Å². The van der Waals surface area contributed by atoms with E-state index in [9.17, 15) is 4.79 Å². The van der Waals surface area contributed by atoms with Crippen LogP contribution in [0.2, 0.25) is 0 Å². The van der Waals surface area contributed by atoms with Gasteiger partial charge in [-0.2, -0.15) is 0 Å². The minimum atomic E-state index is 0.746. The predicted molar refractivity (Wildman–Crippen MR) is 63.5 cm³/mol. The second-order valence-corrected chi connectivity index (χ2v) is 4.06. The van der Waals surface area contributed by atoms with Crippen molar-refractivity contribution in [2.75, 3.05) is 0 Å². The van der Waals surface area contributed by atoms with Crippen molar-refractivity contribution in [3.63, 3.8) is 0 Å². The minimum Gasteiger partial charge on any atom is -0.298 e. The summed E-state index contributed by atoms with van der Waals surface area (Å²) in [5, 5.41) is 2.43. The molecule has 0 spiro atoms. The van der Waals surface area contributed by atoms with Gasteiger partial charge in [0.1, 0.15) is 6.29 Å². The Morgan fingerprint density at radius 2 is 1.67 bits per heavy atom. The first-order valence-electron chi connectivity index (χ1n) is 5.09. The van der Waals surface area contributed by atoms with E-state index in [4.69, 9.17) is 0 Å². The molecule has 0 aliphatic rings. The van der Waals surface area contributed by atoms with Gasteiger partial charge < -0.3 is 0 Å². The summed E-state index contributed by atoms with van der Waals surface area (Å²) >= 11 is 0. The fourth-order valence-electron chi connectivity index (χ4n) is 2.01. The summed E-state index contributed by atoms with van der Waals surface area (Å²) in [5.41, 5.74) is 4.56. The highest BCUT2D eigenvalue weighted by Crippen LogP contribution is 2.25. The smallest absolute Gasteiger partial charge is 0.150 e. The molecule has 2 rings (SSSR count). The lowest BCUT2D eigenvalue weighted by atomic mass is 9.95. The molecule has 0 heterocycles. The topological polar surface area (TPSA) is 17.1 Å². The molecule has 0 bridgehead atoms. The third-order valence-electron chi connectivity index (χ3n) is 3.03. The zero-order valence-corrected chi connectivity index (χ0v) is 9.29. The summed E-state index contributed by atoms with van der Waals surface area (Å²) in [5.74, 6) is 0. The summed E-state index contributed by atoms with van der Waals surface area (Å²) in [7, 11) is 0. The summed E-state index contributed by atoms with van der Waals surface area (Å²) in [6.07, 6.45) is 0.899. The number of hydrogen-bond donors (Lipinski definition) is 0. The molecule has 0 saturated carbocycles. The number of fused-ring (bicyclic) bond motifs is 1. The summed E-state index contributed by atoms with van der Waals surface area (Å²) in [6.45, 7) is 6.32. The first-order chi connectivity index (χ1) is 7.13. The quantitative estimate of drug-likeness (QED) is 0.640. The van der Waals surface area contributed by atoms with E-state index in [2.05, 4.69) is 26.8 Å². The number of carbonyl (C=O) groups excluding carboxylic acids is 1. The molecule has 0 radical (unpaired) electrons. The molecule has 15 heavy (non-hydrogen) atoms. The molecule has 2 aromatic carbocycles. The van der Waals surface area contributed by atoms with E-state index in [-0.39, 0.29) is 0 Å². The normalized spacial score (nSPS) is 10.6. The predicted octanol–water partition coefficient (Wildman–Crippen LogP) is 3.58. The van der Waals surface area contributed by atoms with Gasteiger partial charge in [-0.1, -0.05) is 18.2 Å². The van der Waals surface area contributed by atoms with Gasteiger partial charge in [-0.15, -0.1) is 0 Å². The molecule has 76 valence electrons. The Hall–Kier alpha value is -1.63. The number of benzene rings is 2. The maximum Gasteiger partial charge on any atom is 0.150 e. The van der Waals surface area contributed by atoms with Crippen molar-refractivity contribution >= 4 is 17.1 Å². The molecule has 0 fully saturated rings. The molecule has 0 saturated heterocycles. The highest BCUT2D eigenvalue weighted by molar-refractivity contribution is 5.93. The lowest BCUT2D eigenvalue weighted by molar-refractivity contribution is 0.112. The van der Waals surface area contributed by atoms with Crippen LogP contribution in [0.25, 0.3) is 10.8 Å². The first-order valence-corrected chi connectivity index (χ1v) is 5.09. The van der Waals surface area contributed by atoms with Gasteiger partial charge in [0.2, 0.25) is 0 Å². The Kier molecular flexibility index (Phi) is 2.31. The minimum absolute atomic E-state index is 0.746. The molecule has 2 aromatic rings. The molecule has 0 aromatic heterocycles. The maximum absolute atomic E-state index is 10.7. The molecular weight excluding hydrogens is 184 g/mol. The average Bonchev–Trinajstić information content (AvgIpc) is 2.25. The summed E-state index contributed by atoms with van der Waals surface area (Å²) in [6, 6.07) is 8.06. The standard InChI is InChI=1S/C14H14O/c1-9-6-10(2)13-5-4-12(8-15)7-14(13)11(9)3/h4-8H,1-3H3. The highest BCUT2D eigenvalue weighted by atomic mass is 16.1. The lowest BCUT2D eigenvalue weighted by Gasteiger charge is -2.09. The van der Waals surface area contributed by atoms with Crippen LogP contribution in [0.1, 0.15) is 27.0 Å². The first kappa shape index (κ1) is 9.91. The van der Waals surface area contributed by atoms with E-state index >= 15 is 0 Å². The van der Waals surface area contributed by atoms with Crippen molar-refractivity contribution in [2.24, 2.45) is 0 Å². The van der Waals surface area contributed by atoms with Crippen molar-refractivity contribution in [2.45, 2.75) is 20.8 Å². The summed E-state index contributed by atoms with van der Waals surface area (Å²) in [4.78, 5) is 10.7. The van der Waals surface area contributed by atoms with E-state index < -0.39 is 0 Å². The van der Waals surface area contributed by atoms with Crippen LogP contribution in [0.15, 0.2) is 24.3 Å². The van der Waals surface area contributed by atoms with Crippen LogP contribution in [0.4, 0.5) is 0 Å². The van der Waals surface area contributed by atoms with Gasteiger partial charge in [0, 0.05) is 5.56 Å². The van der Waals surface area contributed by atoms with Crippen molar-refractivity contribution in [3.05, 3.63) is 46.5 Å². The van der Waals surface area contributed by atoms with Crippen LogP contribution < -0.4 is 0 Å². The van der Waals surface area contributed by atoms with Crippen molar-refractivity contribution in [1.82, 2.24) is 0 Å². The van der Waals surface area contributed by atoms with Crippen LogP contribution in [-0.2, 0) is 0 Å². The van der Waals surface area contributed by atoms with Crippen LogP contribution in [0.3, 0.4) is 0 Å². The van der Waals surface area contributed by atoms with Crippen molar-refractivity contribution in [1.29, 1.82) is 0 Å². The Bertz CT molecular complexity index is 539. The lowest BCUT2D eigenvalue weighted by Crippen LogP contribution is -1.89. The molecule has 0 aliphatic carbocycles. The van der Waals surface area contributed by atoms with Crippen LogP contribution in [-0.4, -0.2) is 6.29 Å². The van der Waals surface area contributed by atoms with Gasteiger partial charge in [-0.3, -0.25) is 4.79 Å². The molecular formula is C14H14O. The van der Waals surface area contributed by atoms with Crippen molar-refractivity contribution in [3.8, 4) is 0 Å². The van der Waals surface area contributed by atoms with Crippen LogP contribution >= 0.6 is 0 Å². The third-order valence-corrected chi connectivity index (χ3v) is 3.03. The number of hydrogen-bond acceptors (Lipinski definition) is 1. The van der Waals surface area contributed by atoms with Gasteiger partial charge in [0.05, 0.1) is 0 Å². The van der Waals surface area contributed by atoms with Crippen molar-refractivity contribution < 1.29 is 4.79 Å². The molecule has 0 unspecified atom stereocenters. The van der Waals surface area contributed by atoms with E-state index in [0.29, 0.717) is 0 Å². The van der Waals surface area contributed by atoms with E-state index in [1.54, 1.807) is 0 Å². The third kappa shape index (κ3) is 1.54. The largest absolute Gasteiger partial charge is 0.298 e. The maximum atomic E-state index is 10.7. The fourth-order valence-corrected chi connectivity index (χ4v) is 2.01. The molecule has 1 heteroatoms. The zero-order chi connectivity index (χ0) is 11.0. The second kappa shape index (κ2) is 3.50. The van der Waals surface area contributed by atoms with Crippen LogP contribution in [0.5, 0.6) is 0 Å². The van der Waals surface area contributed by atoms with Crippen LogP contribution in [0, 0.1) is 20.8 Å². The Labute approximate surface area is 89.7 Å². The molecule has 0 atom stereocenters. The Morgan fingerprint density at radius 1 is 0.933 bits per heavy atom. The Balaban J connectivity index is 2.91. The number of aldehydes is 1. The molecule has 0 N–H and O–H groups in total. The van der Waals surface area contributed by atoms with E-state index in [0.717, 1.165) is 11.8 Å². The second-order valence-electron chi connectivity index (χ2n) is 4.06.